The monoisotopic (exact) mass is 386 g/mol. The summed E-state index contributed by atoms with van der Waals surface area (Å²) >= 11 is 0. The van der Waals surface area contributed by atoms with Crippen molar-refractivity contribution in [2.75, 3.05) is 13.7 Å². The number of nitrogens with one attached hydrogen (secondary N) is 1. The van der Waals surface area contributed by atoms with E-state index in [0.29, 0.717) is 31.2 Å². The number of methoxy groups -OCH3 is 1. The number of amides is 1. The molecule has 0 saturated carbocycles. The number of imidazole rings is 1. The van der Waals surface area contributed by atoms with Crippen molar-refractivity contribution in [3.05, 3.63) is 54.1 Å². The fourth-order valence-electron chi connectivity index (χ4n) is 2.77. The van der Waals surface area contributed by atoms with Crippen LogP contribution in [0.4, 0.5) is 4.39 Å². The number of halogens is 1. The summed E-state index contributed by atoms with van der Waals surface area (Å²) < 4.78 is 26.1. The third-order valence-corrected chi connectivity index (χ3v) is 4.36. The van der Waals surface area contributed by atoms with Gasteiger partial charge in [0.1, 0.15) is 23.1 Å². The lowest BCUT2D eigenvalue weighted by atomic mass is 10.3. The van der Waals surface area contributed by atoms with Crippen molar-refractivity contribution in [1.82, 2.24) is 14.9 Å². The first-order valence-electron chi connectivity index (χ1n) is 8.92. The molecule has 0 spiro atoms. The molecule has 0 bridgehead atoms. The molecule has 3 aromatic rings. The van der Waals surface area contributed by atoms with Gasteiger partial charge in [-0.15, -0.1) is 0 Å². The van der Waals surface area contributed by atoms with Crippen LogP contribution in [0.15, 0.2) is 42.5 Å². The van der Waals surface area contributed by atoms with E-state index >= 15 is 0 Å². The smallest absolute Gasteiger partial charge is 0.234 e. The molecule has 8 heteroatoms. The standard InChI is InChI=1S/C20H23FN4O3/c1-13(20(22)26)23-12-19-24-17-8-7-16(11-18(17)25(19)9-10-27-2)28-15-5-3-14(21)4-6-15/h3-8,11,13,23H,9-10,12H2,1-2H3,(H2,22,26)/t13-/m0/s1. The van der Waals surface area contributed by atoms with E-state index in [1.807, 2.05) is 22.8 Å². The molecule has 3 N–H and O–H groups in total. The zero-order chi connectivity index (χ0) is 20.1. The van der Waals surface area contributed by atoms with Gasteiger partial charge in [0, 0.05) is 19.7 Å². The number of nitrogens with two attached hydrogens (primary N) is 1. The highest BCUT2D eigenvalue weighted by atomic mass is 19.1. The molecule has 7 nitrogen and oxygen atoms in total. The molecule has 1 amide bonds. The van der Waals surface area contributed by atoms with Crippen LogP contribution in [0.1, 0.15) is 12.7 Å². The molecule has 2 aromatic carbocycles. The van der Waals surface area contributed by atoms with Gasteiger partial charge >= 0.3 is 0 Å². The summed E-state index contributed by atoms with van der Waals surface area (Å²) in [5, 5.41) is 3.07. The maximum absolute atomic E-state index is 13.1. The Kier molecular flexibility index (Phi) is 6.23. The van der Waals surface area contributed by atoms with Crippen molar-refractivity contribution >= 4 is 16.9 Å². The number of fused-ring (bicyclic) bond motifs is 1. The molecular weight excluding hydrogens is 363 g/mol. The summed E-state index contributed by atoms with van der Waals surface area (Å²) in [7, 11) is 1.63. The Morgan fingerprint density at radius 1 is 1.25 bits per heavy atom. The highest BCUT2D eigenvalue weighted by Gasteiger charge is 2.14. The first-order chi connectivity index (χ1) is 13.5. The predicted molar refractivity (Wildman–Crippen MR) is 104 cm³/mol. The molecule has 1 aromatic heterocycles. The minimum Gasteiger partial charge on any atom is -0.457 e. The van der Waals surface area contributed by atoms with Gasteiger partial charge in [-0.1, -0.05) is 0 Å². The number of carbonyl (C=O) groups is 1. The number of nitrogens with zero attached hydrogens (tertiary/aromatic N) is 2. The highest BCUT2D eigenvalue weighted by Crippen LogP contribution is 2.26. The lowest BCUT2D eigenvalue weighted by molar-refractivity contribution is -0.119. The molecule has 0 aliphatic heterocycles. The van der Waals surface area contributed by atoms with E-state index in [1.54, 1.807) is 26.2 Å². The van der Waals surface area contributed by atoms with Crippen molar-refractivity contribution in [1.29, 1.82) is 0 Å². The first kappa shape index (κ1) is 19.8. The largest absolute Gasteiger partial charge is 0.457 e. The van der Waals surface area contributed by atoms with Crippen molar-refractivity contribution in [3.63, 3.8) is 0 Å². The van der Waals surface area contributed by atoms with Gasteiger partial charge in [-0.3, -0.25) is 10.1 Å². The summed E-state index contributed by atoms with van der Waals surface area (Å²) in [4.78, 5) is 15.9. The maximum atomic E-state index is 13.1. The van der Waals surface area contributed by atoms with Gasteiger partial charge in [0.05, 0.1) is 30.2 Å². The van der Waals surface area contributed by atoms with Gasteiger partial charge in [-0.05, 0) is 43.3 Å². The Labute approximate surface area is 162 Å². The van der Waals surface area contributed by atoms with Crippen LogP contribution in [-0.2, 0) is 22.6 Å². The maximum Gasteiger partial charge on any atom is 0.234 e. The van der Waals surface area contributed by atoms with Gasteiger partial charge in [0.2, 0.25) is 5.91 Å². The third kappa shape index (κ3) is 4.65. The normalized spacial score (nSPS) is 12.2. The second kappa shape index (κ2) is 8.81. The number of rotatable bonds is 9. The quantitative estimate of drug-likeness (QED) is 0.590. The van der Waals surface area contributed by atoms with E-state index in [9.17, 15) is 9.18 Å². The average molecular weight is 386 g/mol. The molecular formula is C20H23FN4O3. The highest BCUT2D eigenvalue weighted by molar-refractivity contribution is 5.79. The molecule has 0 unspecified atom stereocenters. The van der Waals surface area contributed by atoms with E-state index in [1.165, 1.54) is 12.1 Å². The lowest BCUT2D eigenvalue weighted by Gasteiger charge is -2.12. The third-order valence-electron chi connectivity index (χ3n) is 4.36. The Balaban J connectivity index is 1.89. The molecule has 1 atom stereocenters. The molecule has 0 aliphatic rings. The minimum atomic E-state index is -0.465. The Morgan fingerprint density at radius 3 is 2.64 bits per heavy atom. The summed E-state index contributed by atoms with van der Waals surface area (Å²) in [6, 6.07) is 10.9. The van der Waals surface area contributed by atoms with Crippen LogP contribution in [0, 0.1) is 5.82 Å². The number of ether oxygens (including phenoxy) is 2. The predicted octanol–water partition coefficient (Wildman–Crippen LogP) is 2.58. The summed E-state index contributed by atoms with van der Waals surface area (Å²) in [6.45, 7) is 3.19. The minimum absolute atomic E-state index is 0.317. The van der Waals surface area contributed by atoms with Gasteiger partial charge in [-0.2, -0.15) is 0 Å². The average Bonchev–Trinajstić information content (AvgIpc) is 3.03. The summed E-state index contributed by atoms with van der Waals surface area (Å²) in [5.74, 6) is 1.18. The first-order valence-corrected chi connectivity index (χ1v) is 8.92. The number of benzene rings is 2. The van der Waals surface area contributed by atoms with Crippen LogP contribution < -0.4 is 15.8 Å². The Hall–Kier alpha value is -2.97. The lowest BCUT2D eigenvalue weighted by Crippen LogP contribution is -2.38. The molecule has 0 saturated heterocycles. The van der Waals surface area contributed by atoms with E-state index in [2.05, 4.69) is 10.3 Å². The van der Waals surface area contributed by atoms with Gasteiger partial charge in [-0.25, -0.2) is 9.37 Å². The van der Waals surface area contributed by atoms with E-state index < -0.39 is 11.9 Å². The van der Waals surface area contributed by atoms with Crippen molar-refractivity contribution < 1.29 is 18.7 Å². The Bertz CT molecular complexity index is 956. The molecule has 3 rings (SSSR count). The summed E-state index contributed by atoms with van der Waals surface area (Å²) in [6.07, 6.45) is 0. The zero-order valence-electron chi connectivity index (χ0n) is 15.8. The van der Waals surface area contributed by atoms with Gasteiger partial charge in [0.15, 0.2) is 0 Å². The van der Waals surface area contributed by atoms with Crippen LogP contribution in [0.25, 0.3) is 11.0 Å². The van der Waals surface area contributed by atoms with Crippen LogP contribution in [0.5, 0.6) is 11.5 Å². The van der Waals surface area contributed by atoms with Crippen LogP contribution in [0.3, 0.4) is 0 Å². The van der Waals surface area contributed by atoms with E-state index in [4.69, 9.17) is 15.2 Å². The topological polar surface area (TPSA) is 91.4 Å². The number of primary amides is 1. The number of aromatic nitrogens is 2. The molecule has 1 heterocycles. The molecule has 148 valence electrons. The Morgan fingerprint density at radius 2 is 1.96 bits per heavy atom. The van der Waals surface area contributed by atoms with Crippen LogP contribution in [-0.4, -0.2) is 35.2 Å². The van der Waals surface area contributed by atoms with Gasteiger partial charge < -0.3 is 19.8 Å². The summed E-state index contributed by atoms with van der Waals surface area (Å²) in [5.41, 5.74) is 6.98. The number of hydrogen-bond donors (Lipinski definition) is 2. The second-order valence-electron chi connectivity index (χ2n) is 6.38. The fraction of sp³-hybridized carbons (Fsp3) is 0.300. The van der Waals surface area contributed by atoms with E-state index in [-0.39, 0.29) is 5.82 Å². The van der Waals surface area contributed by atoms with Crippen molar-refractivity contribution in [2.24, 2.45) is 5.73 Å². The van der Waals surface area contributed by atoms with Crippen LogP contribution in [0.2, 0.25) is 0 Å². The molecule has 0 fully saturated rings. The number of carbonyl (C=O) groups excluding carboxylic acids is 1. The van der Waals surface area contributed by atoms with Crippen molar-refractivity contribution in [3.8, 4) is 11.5 Å². The van der Waals surface area contributed by atoms with Crippen molar-refractivity contribution in [2.45, 2.75) is 26.1 Å². The molecule has 0 radical (unpaired) electrons. The second-order valence-corrected chi connectivity index (χ2v) is 6.38. The molecule has 28 heavy (non-hydrogen) atoms. The number of hydrogen-bond acceptors (Lipinski definition) is 5. The van der Waals surface area contributed by atoms with Crippen LogP contribution >= 0.6 is 0 Å². The van der Waals surface area contributed by atoms with E-state index in [0.717, 1.165) is 16.9 Å². The van der Waals surface area contributed by atoms with Gasteiger partial charge in [0.25, 0.3) is 0 Å². The fourth-order valence-corrected chi connectivity index (χ4v) is 2.77. The SMILES string of the molecule is COCCn1c(CN[C@@H](C)C(N)=O)nc2ccc(Oc3ccc(F)cc3)cc21. The molecule has 0 aliphatic carbocycles. The zero-order valence-corrected chi connectivity index (χ0v) is 15.8.